The van der Waals surface area contributed by atoms with E-state index in [0.29, 0.717) is 13.1 Å². The molecule has 2 aromatic heterocycles. The predicted octanol–water partition coefficient (Wildman–Crippen LogP) is 1.77. The van der Waals surface area contributed by atoms with Crippen molar-refractivity contribution in [3.05, 3.63) is 48.4 Å². The van der Waals surface area contributed by atoms with Crippen molar-refractivity contribution in [3.63, 3.8) is 0 Å². The van der Waals surface area contributed by atoms with Gasteiger partial charge in [0.1, 0.15) is 17.6 Å². The number of aliphatic hydroxyl groups is 1. The van der Waals surface area contributed by atoms with Gasteiger partial charge in [-0.15, -0.1) is 0 Å². The zero-order valence-corrected chi connectivity index (χ0v) is 16.2. The van der Waals surface area contributed by atoms with E-state index < -0.39 is 5.60 Å². The summed E-state index contributed by atoms with van der Waals surface area (Å²) in [5, 5.41) is 18.2. The fraction of sp³-hybridized carbons (Fsp3) is 0.400. The van der Waals surface area contributed by atoms with E-state index >= 15 is 0 Å². The molecule has 1 fully saturated rings. The van der Waals surface area contributed by atoms with Gasteiger partial charge in [-0.25, -0.2) is 9.50 Å². The molecular weight excluding hydrogens is 356 g/mol. The summed E-state index contributed by atoms with van der Waals surface area (Å²) in [5.41, 5.74) is 8.07. The topological polar surface area (TPSA) is 101 Å². The van der Waals surface area contributed by atoms with Crippen LogP contribution in [0.5, 0.6) is 5.75 Å². The normalized spacial score (nSPS) is 23.1. The van der Waals surface area contributed by atoms with E-state index in [1.54, 1.807) is 14.0 Å². The van der Waals surface area contributed by atoms with E-state index in [9.17, 15) is 5.11 Å². The molecule has 3 heterocycles. The molecule has 3 aromatic rings. The third-order valence-corrected chi connectivity index (χ3v) is 5.36. The van der Waals surface area contributed by atoms with Crippen molar-refractivity contribution in [2.24, 2.45) is 5.73 Å². The molecule has 0 bridgehead atoms. The number of benzene rings is 1. The number of methoxy groups -OCH3 is 1. The molecule has 2 unspecified atom stereocenters. The Morgan fingerprint density at radius 3 is 3.04 bits per heavy atom. The second-order valence-corrected chi connectivity index (χ2v) is 7.56. The molecule has 8 heteroatoms. The van der Waals surface area contributed by atoms with Crippen LogP contribution in [0.25, 0.3) is 5.52 Å². The van der Waals surface area contributed by atoms with E-state index in [0.717, 1.165) is 41.3 Å². The molecule has 28 heavy (non-hydrogen) atoms. The number of aromatic nitrogens is 3. The number of nitrogens with zero attached hydrogens (tertiary/aromatic N) is 4. The Bertz CT molecular complexity index is 970. The summed E-state index contributed by atoms with van der Waals surface area (Å²) in [7, 11) is 1.65. The summed E-state index contributed by atoms with van der Waals surface area (Å²) in [6.07, 6.45) is 4.23. The molecule has 1 saturated heterocycles. The first-order chi connectivity index (χ1) is 13.5. The molecule has 1 aromatic carbocycles. The van der Waals surface area contributed by atoms with Gasteiger partial charge in [-0.05, 0) is 37.1 Å². The van der Waals surface area contributed by atoms with Gasteiger partial charge >= 0.3 is 0 Å². The number of rotatable bonds is 5. The Kier molecular flexibility index (Phi) is 4.92. The van der Waals surface area contributed by atoms with Gasteiger partial charge in [-0.1, -0.05) is 6.07 Å². The van der Waals surface area contributed by atoms with E-state index in [-0.39, 0.29) is 6.04 Å². The largest absolute Gasteiger partial charge is 0.497 e. The van der Waals surface area contributed by atoms with Gasteiger partial charge in [0.15, 0.2) is 5.82 Å². The van der Waals surface area contributed by atoms with E-state index in [1.807, 2.05) is 41.0 Å². The number of hydrogen-bond acceptors (Lipinski definition) is 7. The molecule has 4 N–H and O–H groups in total. The molecule has 1 aliphatic heterocycles. The minimum Gasteiger partial charge on any atom is -0.497 e. The Hall–Kier alpha value is -2.68. The molecular formula is C20H26N6O2. The standard InChI is InChI=1S/C20H26N6O2/c1-20(27)12-25(8-7-17(20)21)11-14-6-9-26-18(14)19(22-13-23-26)24-15-4-3-5-16(10-15)28-2/h3-6,9-10,13,17,27H,7-8,11-12,21H2,1-2H3,(H,22,23,24). The van der Waals surface area contributed by atoms with Crippen LogP contribution in [0.2, 0.25) is 0 Å². The lowest BCUT2D eigenvalue weighted by Gasteiger charge is -2.41. The van der Waals surface area contributed by atoms with Crippen LogP contribution in [0.1, 0.15) is 18.9 Å². The summed E-state index contributed by atoms with van der Waals surface area (Å²) in [6.45, 7) is 3.89. The number of β-amino-alcohol motifs (C(OH)–C–C–N with tert-alkyl or cyclic N) is 1. The van der Waals surface area contributed by atoms with Gasteiger partial charge in [0.25, 0.3) is 0 Å². The van der Waals surface area contributed by atoms with Crippen LogP contribution in [0.3, 0.4) is 0 Å². The Morgan fingerprint density at radius 1 is 1.39 bits per heavy atom. The Labute approximate surface area is 163 Å². The van der Waals surface area contributed by atoms with E-state index in [1.165, 1.54) is 6.33 Å². The molecule has 1 aliphatic rings. The van der Waals surface area contributed by atoms with Crippen LogP contribution in [0, 0.1) is 0 Å². The second-order valence-electron chi connectivity index (χ2n) is 7.56. The molecule has 8 nitrogen and oxygen atoms in total. The maximum Gasteiger partial charge on any atom is 0.158 e. The Morgan fingerprint density at radius 2 is 2.25 bits per heavy atom. The third kappa shape index (κ3) is 3.66. The van der Waals surface area contributed by atoms with Gasteiger partial charge < -0.3 is 20.9 Å². The van der Waals surface area contributed by atoms with Crippen LogP contribution in [0.4, 0.5) is 11.5 Å². The second kappa shape index (κ2) is 7.38. The SMILES string of the molecule is COc1cccc(Nc2ncnn3ccc(CN4CCC(N)C(C)(O)C4)c23)c1. The lowest BCUT2D eigenvalue weighted by molar-refractivity contribution is -0.0342. The highest BCUT2D eigenvalue weighted by Crippen LogP contribution is 2.27. The molecule has 148 valence electrons. The summed E-state index contributed by atoms with van der Waals surface area (Å²) in [4.78, 5) is 6.68. The fourth-order valence-electron chi connectivity index (χ4n) is 3.73. The third-order valence-electron chi connectivity index (χ3n) is 5.36. The van der Waals surface area contributed by atoms with Gasteiger partial charge in [-0.3, -0.25) is 4.90 Å². The van der Waals surface area contributed by atoms with Crippen molar-refractivity contribution >= 4 is 17.0 Å². The number of nitrogens with two attached hydrogens (primary N) is 1. The van der Waals surface area contributed by atoms with Gasteiger partial charge in [0, 0.05) is 43.6 Å². The first kappa shape index (κ1) is 18.7. The number of piperidine rings is 1. The zero-order chi connectivity index (χ0) is 19.7. The van der Waals surface area contributed by atoms with Gasteiger partial charge in [-0.2, -0.15) is 5.10 Å². The first-order valence-corrected chi connectivity index (χ1v) is 9.39. The van der Waals surface area contributed by atoms with Crippen molar-refractivity contribution in [2.75, 3.05) is 25.5 Å². The lowest BCUT2D eigenvalue weighted by atomic mass is 9.90. The lowest BCUT2D eigenvalue weighted by Crippen LogP contribution is -2.58. The molecule has 0 saturated carbocycles. The van der Waals surface area contributed by atoms with Crippen molar-refractivity contribution in [1.29, 1.82) is 0 Å². The average Bonchev–Trinajstić information content (AvgIpc) is 3.08. The van der Waals surface area contributed by atoms with Crippen LogP contribution in [0.15, 0.2) is 42.9 Å². The number of likely N-dealkylation sites (tertiary alicyclic amines) is 1. The van der Waals surface area contributed by atoms with Gasteiger partial charge in [0.05, 0.1) is 12.7 Å². The highest BCUT2D eigenvalue weighted by atomic mass is 16.5. The van der Waals surface area contributed by atoms with Crippen LogP contribution in [-0.4, -0.2) is 56.4 Å². The van der Waals surface area contributed by atoms with Crippen molar-refractivity contribution in [1.82, 2.24) is 19.5 Å². The zero-order valence-electron chi connectivity index (χ0n) is 16.2. The summed E-state index contributed by atoms with van der Waals surface area (Å²) >= 11 is 0. The minimum atomic E-state index is -0.883. The quantitative estimate of drug-likeness (QED) is 0.618. The van der Waals surface area contributed by atoms with Crippen LogP contribution in [-0.2, 0) is 6.54 Å². The Balaban J connectivity index is 1.62. The van der Waals surface area contributed by atoms with Crippen molar-refractivity contribution < 1.29 is 9.84 Å². The molecule has 0 spiro atoms. The van der Waals surface area contributed by atoms with Crippen molar-refractivity contribution in [2.45, 2.75) is 31.5 Å². The average molecular weight is 382 g/mol. The minimum absolute atomic E-state index is 0.192. The van der Waals surface area contributed by atoms with Crippen LogP contribution >= 0.6 is 0 Å². The highest BCUT2D eigenvalue weighted by Gasteiger charge is 2.35. The maximum atomic E-state index is 10.5. The van der Waals surface area contributed by atoms with Crippen LogP contribution < -0.4 is 15.8 Å². The smallest absolute Gasteiger partial charge is 0.158 e. The molecule has 4 rings (SSSR count). The summed E-state index contributed by atoms with van der Waals surface area (Å²) in [5.74, 6) is 1.50. The molecule has 0 aliphatic carbocycles. The molecule has 0 radical (unpaired) electrons. The number of anilines is 2. The maximum absolute atomic E-state index is 10.5. The first-order valence-electron chi connectivity index (χ1n) is 9.39. The number of ether oxygens (including phenoxy) is 1. The number of fused-ring (bicyclic) bond motifs is 1. The molecule has 2 atom stereocenters. The highest BCUT2D eigenvalue weighted by molar-refractivity contribution is 5.76. The monoisotopic (exact) mass is 382 g/mol. The number of hydrogen-bond donors (Lipinski definition) is 3. The summed E-state index contributed by atoms with van der Waals surface area (Å²) in [6, 6.07) is 9.57. The van der Waals surface area contributed by atoms with Crippen molar-refractivity contribution in [3.8, 4) is 5.75 Å². The molecule has 0 amide bonds. The van der Waals surface area contributed by atoms with E-state index in [4.69, 9.17) is 10.5 Å². The number of nitrogens with one attached hydrogen (secondary N) is 1. The van der Waals surface area contributed by atoms with E-state index in [2.05, 4.69) is 20.3 Å². The van der Waals surface area contributed by atoms with Gasteiger partial charge in [0.2, 0.25) is 0 Å². The fourth-order valence-corrected chi connectivity index (χ4v) is 3.73. The predicted molar refractivity (Wildman–Crippen MR) is 108 cm³/mol. The summed E-state index contributed by atoms with van der Waals surface area (Å²) < 4.78 is 7.12.